The van der Waals surface area contributed by atoms with Crippen LogP contribution in [0.1, 0.15) is 5.56 Å². The van der Waals surface area contributed by atoms with Crippen molar-refractivity contribution in [1.82, 2.24) is 0 Å². The zero-order valence-electron chi connectivity index (χ0n) is 13.7. The van der Waals surface area contributed by atoms with Gasteiger partial charge >= 0.3 is 0 Å². The highest BCUT2D eigenvalue weighted by atomic mass is 35.5. The Balaban J connectivity index is 2.03. The molecule has 0 unspecified atom stereocenters. The fraction of sp³-hybridized carbons (Fsp3) is 0.0588. The Morgan fingerprint density at radius 3 is 2.59 bits per heavy atom. The van der Waals surface area contributed by atoms with Gasteiger partial charge in [-0.3, -0.25) is 19.7 Å². The number of nitro groups is 1. The van der Waals surface area contributed by atoms with E-state index in [4.69, 9.17) is 16.3 Å². The van der Waals surface area contributed by atoms with E-state index in [-0.39, 0.29) is 26.9 Å². The number of rotatable bonds is 4. The lowest BCUT2D eigenvalue weighted by molar-refractivity contribution is -0.398. The van der Waals surface area contributed by atoms with Gasteiger partial charge in [-0.1, -0.05) is 23.7 Å². The molecule has 0 radical (unpaired) electrons. The fourth-order valence-corrected chi connectivity index (χ4v) is 3.49. The predicted octanol–water partition coefficient (Wildman–Crippen LogP) is 3.57. The average Bonchev–Trinajstić information content (AvgIpc) is 2.90. The Morgan fingerprint density at radius 2 is 1.96 bits per heavy atom. The van der Waals surface area contributed by atoms with Crippen LogP contribution in [-0.2, 0) is 4.79 Å². The summed E-state index contributed by atoms with van der Waals surface area (Å²) in [4.78, 5) is 36.1. The summed E-state index contributed by atoms with van der Waals surface area (Å²) in [5.41, 5.74) is -0.266. The molecule has 0 N–H and O–H groups in total. The number of nitro benzene ring substituents is 1. The quantitative estimate of drug-likeness (QED) is 0.434. The normalized spacial score (nSPS) is 15.5. The number of nitrogens with zero attached hydrogens (tertiary/aromatic N) is 2. The minimum Gasteiger partial charge on any atom is -0.865 e. The van der Waals surface area contributed by atoms with Crippen molar-refractivity contribution < 1.29 is 24.4 Å². The second-order valence-electron chi connectivity index (χ2n) is 5.30. The summed E-state index contributed by atoms with van der Waals surface area (Å²) in [6.45, 7) is 0. The molecule has 1 aliphatic rings. The van der Waals surface area contributed by atoms with Gasteiger partial charge < -0.3 is 9.84 Å². The minimum absolute atomic E-state index is 0.0370. The van der Waals surface area contributed by atoms with Gasteiger partial charge in [0.15, 0.2) is 0 Å². The molecule has 1 saturated heterocycles. The Bertz CT molecular complexity index is 1010. The maximum atomic E-state index is 12.6. The molecule has 0 aromatic heterocycles. The van der Waals surface area contributed by atoms with E-state index in [2.05, 4.69) is 0 Å². The molecule has 0 spiro atoms. The number of benzene rings is 2. The zero-order valence-corrected chi connectivity index (χ0v) is 15.2. The maximum Gasteiger partial charge on any atom is 0.298 e. The van der Waals surface area contributed by atoms with E-state index in [1.54, 1.807) is 18.2 Å². The Hall–Kier alpha value is -3.04. The van der Waals surface area contributed by atoms with Crippen LogP contribution in [0, 0.1) is 10.1 Å². The van der Waals surface area contributed by atoms with Gasteiger partial charge in [-0.05, 0) is 41.6 Å². The van der Waals surface area contributed by atoms with E-state index in [0.29, 0.717) is 11.8 Å². The Labute approximate surface area is 162 Å². The highest BCUT2D eigenvalue weighted by molar-refractivity contribution is 8.19. The number of ether oxygens (including phenoxy) is 1. The number of imide groups is 1. The second-order valence-corrected chi connectivity index (χ2v) is 6.70. The molecule has 0 aliphatic carbocycles. The topological polar surface area (TPSA) is 113 Å². The van der Waals surface area contributed by atoms with E-state index >= 15 is 0 Å². The third-order valence-electron chi connectivity index (χ3n) is 3.66. The summed E-state index contributed by atoms with van der Waals surface area (Å²) in [7, 11) is 1.20. The largest absolute Gasteiger partial charge is 0.865 e. The number of carbonyl (C=O) groups is 2. The van der Waals surface area contributed by atoms with Crippen LogP contribution in [0.15, 0.2) is 41.3 Å². The van der Waals surface area contributed by atoms with Crippen molar-refractivity contribution in [2.75, 3.05) is 12.0 Å². The summed E-state index contributed by atoms with van der Waals surface area (Å²) >= 11 is 6.72. The summed E-state index contributed by atoms with van der Waals surface area (Å²) < 4.78 is 4.86. The van der Waals surface area contributed by atoms with Crippen molar-refractivity contribution in [2.24, 2.45) is 0 Å². The lowest BCUT2D eigenvalue weighted by Gasteiger charge is -2.14. The van der Waals surface area contributed by atoms with E-state index in [1.165, 1.54) is 25.3 Å². The van der Waals surface area contributed by atoms with Crippen LogP contribution >= 0.6 is 23.4 Å². The van der Waals surface area contributed by atoms with Crippen molar-refractivity contribution in [3.8, 4) is 11.5 Å². The second kappa shape index (κ2) is 7.29. The van der Waals surface area contributed by atoms with Crippen LogP contribution in [0.3, 0.4) is 0 Å². The van der Waals surface area contributed by atoms with Gasteiger partial charge in [0.1, 0.15) is 5.75 Å². The van der Waals surface area contributed by atoms with E-state index in [0.717, 1.165) is 11.0 Å². The van der Waals surface area contributed by atoms with Crippen molar-refractivity contribution in [2.45, 2.75) is 0 Å². The average molecular weight is 406 g/mol. The molecule has 1 fully saturated rings. The van der Waals surface area contributed by atoms with Gasteiger partial charge in [0.05, 0.1) is 27.6 Å². The fourth-order valence-electron chi connectivity index (χ4n) is 2.44. The van der Waals surface area contributed by atoms with Crippen LogP contribution in [0.2, 0.25) is 5.02 Å². The Kier molecular flexibility index (Phi) is 5.06. The van der Waals surface area contributed by atoms with Gasteiger partial charge in [0.25, 0.3) is 16.8 Å². The first-order chi connectivity index (χ1) is 12.8. The molecule has 2 aromatic carbocycles. The van der Waals surface area contributed by atoms with Crippen LogP contribution in [0.25, 0.3) is 6.08 Å². The molecule has 8 nitrogen and oxygen atoms in total. The van der Waals surface area contributed by atoms with E-state index < -0.39 is 27.5 Å². The van der Waals surface area contributed by atoms with Crippen molar-refractivity contribution in [3.05, 3.63) is 62.0 Å². The molecule has 10 heteroatoms. The molecule has 1 aliphatic heterocycles. The molecule has 1 heterocycles. The molecular weight excluding hydrogens is 396 g/mol. The number of amides is 2. The van der Waals surface area contributed by atoms with Crippen LogP contribution in [0.4, 0.5) is 16.2 Å². The summed E-state index contributed by atoms with van der Waals surface area (Å²) in [6.07, 6.45) is 1.29. The molecular formula is C17H10ClN2O6S-. The van der Waals surface area contributed by atoms with Crippen molar-refractivity contribution >= 4 is 52.0 Å². The monoisotopic (exact) mass is 405 g/mol. The predicted molar refractivity (Wildman–Crippen MR) is 99.0 cm³/mol. The van der Waals surface area contributed by atoms with Gasteiger partial charge in [0, 0.05) is 11.8 Å². The first-order valence-corrected chi connectivity index (χ1v) is 8.59. The van der Waals surface area contributed by atoms with E-state index in [9.17, 15) is 24.8 Å². The van der Waals surface area contributed by atoms with Gasteiger partial charge in [-0.15, -0.1) is 0 Å². The number of hydrogen-bond donors (Lipinski definition) is 0. The van der Waals surface area contributed by atoms with Gasteiger partial charge in [-0.25, -0.2) is 4.90 Å². The minimum atomic E-state index is -0.871. The molecule has 27 heavy (non-hydrogen) atoms. The number of hydrogen-bond acceptors (Lipinski definition) is 7. The van der Waals surface area contributed by atoms with Crippen LogP contribution < -0.4 is 14.7 Å². The summed E-state index contributed by atoms with van der Waals surface area (Å²) in [6, 6.07) is 8.66. The SMILES string of the molecule is COc1cc(/C=C2/SC(=O)N(c3ccccc3Cl)C2=O)cc([N+](=O)[O-])c1[O-]. The number of methoxy groups -OCH3 is 1. The standard InChI is InChI=1S/C17H11ClN2O6S/c1-26-13-7-9(6-12(15(13)21)20(24)25)8-14-16(22)19(17(23)27-14)11-5-3-2-4-10(11)18/h2-8,21H,1H3/p-1/b14-8+. The molecule has 138 valence electrons. The summed E-state index contributed by atoms with van der Waals surface area (Å²) in [5, 5.41) is 22.6. The molecule has 0 atom stereocenters. The molecule has 2 aromatic rings. The lowest BCUT2D eigenvalue weighted by atomic mass is 10.1. The molecule has 3 rings (SSSR count). The van der Waals surface area contributed by atoms with Crippen molar-refractivity contribution in [1.29, 1.82) is 0 Å². The smallest absolute Gasteiger partial charge is 0.298 e. The van der Waals surface area contributed by atoms with Gasteiger partial charge in [0.2, 0.25) is 0 Å². The third kappa shape index (κ3) is 3.46. The molecule has 0 saturated carbocycles. The number of halogens is 1. The third-order valence-corrected chi connectivity index (χ3v) is 4.85. The molecule has 2 amide bonds. The van der Waals surface area contributed by atoms with Crippen LogP contribution in [0.5, 0.6) is 11.5 Å². The number of anilines is 1. The van der Waals surface area contributed by atoms with Crippen molar-refractivity contribution in [3.63, 3.8) is 0 Å². The van der Waals surface area contributed by atoms with E-state index in [1.807, 2.05) is 0 Å². The Morgan fingerprint density at radius 1 is 1.26 bits per heavy atom. The highest BCUT2D eigenvalue weighted by Crippen LogP contribution is 2.40. The first-order valence-electron chi connectivity index (χ1n) is 7.39. The van der Waals surface area contributed by atoms with Gasteiger partial charge in [-0.2, -0.15) is 0 Å². The highest BCUT2D eigenvalue weighted by Gasteiger charge is 2.37. The number of thioether (sulfide) groups is 1. The molecule has 0 bridgehead atoms. The summed E-state index contributed by atoms with van der Waals surface area (Å²) in [5.74, 6) is -1.73. The first kappa shape index (κ1) is 18.7. The maximum absolute atomic E-state index is 12.6. The van der Waals surface area contributed by atoms with Crippen LogP contribution in [-0.4, -0.2) is 23.2 Å². The number of carbonyl (C=O) groups excluding carboxylic acids is 2. The number of para-hydroxylation sites is 1. The lowest BCUT2D eigenvalue weighted by Crippen LogP contribution is -2.27. The zero-order chi connectivity index (χ0) is 19.7.